The minimum atomic E-state index is -0.247. The first-order valence-electron chi connectivity index (χ1n) is 8.87. The van der Waals surface area contributed by atoms with Crippen LogP contribution in [0.2, 0.25) is 0 Å². The summed E-state index contributed by atoms with van der Waals surface area (Å²) >= 11 is 1.39. The molecule has 7 heteroatoms. The van der Waals surface area contributed by atoms with Gasteiger partial charge in [-0.2, -0.15) is 4.68 Å². The number of rotatable bonds is 5. The summed E-state index contributed by atoms with van der Waals surface area (Å²) in [5.41, 5.74) is 2.02. The van der Waals surface area contributed by atoms with Gasteiger partial charge in [-0.3, -0.25) is 4.79 Å². The molecule has 6 nitrogen and oxygen atoms in total. The Balaban J connectivity index is 1.67. The lowest BCUT2D eigenvalue weighted by molar-refractivity contribution is -0.121. The fraction of sp³-hybridized carbons (Fsp3) is 0.556. The van der Waals surface area contributed by atoms with E-state index in [1.165, 1.54) is 31.0 Å². The highest BCUT2D eigenvalue weighted by molar-refractivity contribution is 8.00. The first-order valence-corrected chi connectivity index (χ1v) is 9.75. The number of aryl methyl sites for hydroxylation is 1. The summed E-state index contributed by atoms with van der Waals surface area (Å²) in [6.07, 6.45) is 4.73. The van der Waals surface area contributed by atoms with E-state index in [-0.39, 0.29) is 17.2 Å². The second-order valence-electron chi connectivity index (χ2n) is 6.80. The zero-order valence-electron chi connectivity index (χ0n) is 15.0. The number of para-hydroxylation sites is 1. The lowest BCUT2D eigenvalue weighted by Gasteiger charge is -2.30. The van der Waals surface area contributed by atoms with Crippen molar-refractivity contribution in [2.75, 3.05) is 0 Å². The van der Waals surface area contributed by atoms with E-state index in [1.54, 1.807) is 4.68 Å². The molecule has 1 aliphatic rings. The summed E-state index contributed by atoms with van der Waals surface area (Å²) in [7, 11) is 0. The predicted molar refractivity (Wildman–Crippen MR) is 98.8 cm³/mol. The maximum Gasteiger partial charge on any atom is 0.233 e. The van der Waals surface area contributed by atoms with Crippen molar-refractivity contribution < 1.29 is 4.79 Å². The van der Waals surface area contributed by atoms with Gasteiger partial charge in [0.25, 0.3) is 0 Å². The van der Waals surface area contributed by atoms with Crippen LogP contribution in [-0.2, 0) is 4.79 Å². The summed E-state index contributed by atoms with van der Waals surface area (Å²) in [5.74, 6) is 0.607. The number of nitrogens with zero attached hydrogens (tertiary/aromatic N) is 4. The van der Waals surface area contributed by atoms with Crippen molar-refractivity contribution in [3.63, 3.8) is 0 Å². The predicted octanol–water partition coefficient (Wildman–Crippen LogP) is 3.15. The molecule has 0 unspecified atom stereocenters. The van der Waals surface area contributed by atoms with Crippen molar-refractivity contribution in [3.8, 4) is 5.69 Å². The van der Waals surface area contributed by atoms with Crippen molar-refractivity contribution in [1.29, 1.82) is 0 Å². The third-order valence-corrected chi connectivity index (χ3v) is 5.91. The SMILES string of the molecule is Cc1ccccc1-n1nnnc1S[C@@H](C)C(=O)N[C@@H]1CCCC[C@@H]1C. The Kier molecular flexibility index (Phi) is 5.73. The minimum Gasteiger partial charge on any atom is -0.352 e. The van der Waals surface area contributed by atoms with Crippen molar-refractivity contribution in [2.45, 2.75) is 62.9 Å². The number of carbonyl (C=O) groups excluding carboxylic acids is 1. The molecule has 1 fully saturated rings. The largest absolute Gasteiger partial charge is 0.352 e. The van der Waals surface area contributed by atoms with Crippen LogP contribution in [0, 0.1) is 12.8 Å². The molecule has 0 saturated heterocycles. The molecule has 1 aliphatic carbocycles. The Labute approximate surface area is 152 Å². The number of hydrogen-bond donors (Lipinski definition) is 1. The van der Waals surface area contributed by atoms with Crippen molar-refractivity contribution in [1.82, 2.24) is 25.5 Å². The van der Waals surface area contributed by atoms with Gasteiger partial charge in [-0.05, 0) is 54.7 Å². The van der Waals surface area contributed by atoms with Crippen LogP contribution in [0.15, 0.2) is 29.4 Å². The summed E-state index contributed by atoms with van der Waals surface area (Å²) in [6.45, 7) is 6.15. The smallest absolute Gasteiger partial charge is 0.233 e. The van der Waals surface area contributed by atoms with Gasteiger partial charge >= 0.3 is 0 Å². The summed E-state index contributed by atoms with van der Waals surface area (Å²) in [5, 5.41) is 15.6. The second kappa shape index (κ2) is 7.99. The first-order chi connectivity index (χ1) is 12.1. The van der Waals surface area contributed by atoms with E-state index in [1.807, 2.05) is 38.1 Å². The van der Waals surface area contributed by atoms with Gasteiger partial charge < -0.3 is 5.32 Å². The zero-order chi connectivity index (χ0) is 17.8. The van der Waals surface area contributed by atoms with Gasteiger partial charge in [-0.25, -0.2) is 0 Å². The molecule has 2 aromatic rings. The maximum absolute atomic E-state index is 12.6. The highest BCUT2D eigenvalue weighted by Crippen LogP contribution is 2.27. The van der Waals surface area contributed by atoms with Gasteiger partial charge in [0.2, 0.25) is 11.1 Å². The van der Waals surface area contributed by atoms with E-state index in [2.05, 4.69) is 27.8 Å². The highest BCUT2D eigenvalue weighted by Gasteiger charge is 2.26. The Morgan fingerprint density at radius 2 is 2.08 bits per heavy atom. The number of tetrazole rings is 1. The van der Waals surface area contributed by atoms with E-state index in [0.29, 0.717) is 11.1 Å². The molecule has 3 rings (SSSR count). The summed E-state index contributed by atoms with van der Waals surface area (Å²) < 4.78 is 1.70. The molecule has 1 N–H and O–H groups in total. The maximum atomic E-state index is 12.6. The molecule has 0 aliphatic heterocycles. The number of amides is 1. The number of aromatic nitrogens is 4. The van der Waals surface area contributed by atoms with Gasteiger partial charge in [0, 0.05) is 6.04 Å². The molecule has 1 saturated carbocycles. The average molecular weight is 359 g/mol. The van der Waals surface area contributed by atoms with Crippen LogP contribution < -0.4 is 5.32 Å². The standard InChI is InChI=1S/C18H25N5OS/c1-12-8-4-6-10-15(12)19-17(24)14(3)25-18-20-21-22-23(18)16-11-7-5-9-13(16)2/h5,7,9,11-12,14-15H,4,6,8,10H2,1-3H3,(H,19,24)/t12-,14-,15+/m0/s1. The molecule has 1 aromatic carbocycles. The number of benzene rings is 1. The Morgan fingerprint density at radius 1 is 1.32 bits per heavy atom. The van der Waals surface area contributed by atoms with Crippen LogP contribution in [0.1, 0.15) is 45.1 Å². The third kappa shape index (κ3) is 4.21. The van der Waals surface area contributed by atoms with Crippen molar-refractivity contribution in [2.24, 2.45) is 5.92 Å². The quantitative estimate of drug-likeness (QED) is 0.830. The van der Waals surface area contributed by atoms with E-state index in [9.17, 15) is 4.79 Å². The summed E-state index contributed by atoms with van der Waals surface area (Å²) in [6, 6.07) is 8.23. The zero-order valence-corrected chi connectivity index (χ0v) is 15.8. The van der Waals surface area contributed by atoms with Crippen LogP contribution in [0.3, 0.4) is 0 Å². The molecule has 0 spiro atoms. The molecular formula is C18H25N5OS. The van der Waals surface area contributed by atoms with E-state index < -0.39 is 0 Å². The number of carbonyl (C=O) groups is 1. The fourth-order valence-electron chi connectivity index (χ4n) is 3.25. The van der Waals surface area contributed by atoms with E-state index in [4.69, 9.17) is 0 Å². The monoisotopic (exact) mass is 359 g/mol. The Hall–Kier alpha value is -1.89. The molecule has 0 radical (unpaired) electrons. The molecule has 1 aromatic heterocycles. The molecular weight excluding hydrogens is 334 g/mol. The molecule has 134 valence electrons. The lowest BCUT2D eigenvalue weighted by atomic mass is 9.86. The Morgan fingerprint density at radius 3 is 2.84 bits per heavy atom. The minimum absolute atomic E-state index is 0.0584. The fourth-order valence-corrected chi connectivity index (χ4v) is 4.06. The van der Waals surface area contributed by atoms with Crippen LogP contribution >= 0.6 is 11.8 Å². The third-order valence-electron chi connectivity index (χ3n) is 4.88. The van der Waals surface area contributed by atoms with Crippen LogP contribution in [0.25, 0.3) is 5.69 Å². The second-order valence-corrected chi connectivity index (χ2v) is 8.10. The van der Waals surface area contributed by atoms with Crippen molar-refractivity contribution in [3.05, 3.63) is 29.8 Å². The van der Waals surface area contributed by atoms with Crippen molar-refractivity contribution >= 4 is 17.7 Å². The van der Waals surface area contributed by atoms with Gasteiger partial charge in [-0.15, -0.1) is 5.10 Å². The molecule has 0 bridgehead atoms. The van der Waals surface area contributed by atoms with Gasteiger partial charge in [0.15, 0.2) is 0 Å². The van der Waals surface area contributed by atoms with Crippen LogP contribution in [-0.4, -0.2) is 37.4 Å². The molecule has 25 heavy (non-hydrogen) atoms. The normalized spacial score (nSPS) is 21.7. The molecule has 1 heterocycles. The molecule has 3 atom stereocenters. The van der Waals surface area contributed by atoms with E-state index >= 15 is 0 Å². The number of hydrogen-bond acceptors (Lipinski definition) is 5. The topological polar surface area (TPSA) is 72.7 Å². The van der Waals surface area contributed by atoms with Crippen LogP contribution in [0.4, 0.5) is 0 Å². The lowest BCUT2D eigenvalue weighted by Crippen LogP contribution is -2.44. The Bertz CT molecular complexity index is 732. The average Bonchev–Trinajstić information content (AvgIpc) is 3.05. The molecule has 1 amide bonds. The highest BCUT2D eigenvalue weighted by atomic mass is 32.2. The summed E-state index contributed by atoms with van der Waals surface area (Å²) in [4.78, 5) is 12.6. The van der Waals surface area contributed by atoms with Gasteiger partial charge in [0.05, 0.1) is 10.9 Å². The van der Waals surface area contributed by atoms with Gasteiger partial charge in [0.1, 0.15) is 0 Å². The number of nitrogens with one attached hydrogen (secondary N) is 1. The van der Waals surface area contributed by atoms with E-state index in [0.717, 1.165) is 17.7 Å². The number of thioether (sulfide) groups is 1. The first kappa shape index (κ1) is 17.9. The van der Waals surface area contributed by atoms with Crippen LogP contribution in [0.5, 0.6) is 0 Å². The van der Waals surface area contributed by atoms with Gasteiger partial charge in [-0.1, -0.05) is 49.7 Å².